The van der Waals surface area contributed by atoms with Crippen LogP contribution in [0.25, 0.3) is 22.3 Å². The zero-order chi connectivity index (χ0) is 42.7. The minimum atomic E-state index is -5.03. The molecular weight excluding hydrogens is 865 g/mol. The number of hydrogen-bond acceptors (Lipinski definition) is 3. The number of aromatic nitrogens is 1. The van der Waals surface area contributed by atoms with Crippen LogP contribution in [0.4, 0.5) is 64.1 Å². The normalized spacial score (nSPS) is 13.1. The summed E-state index contributed by atoms with van der Waals surface area (Å²) in [5.41, 5.74) is -3.38. The zero-order valence-electron chi connectivity index (χ0n) is 29.6. The van der Waals surface area contributed by atoms with Gasteiger partial charge in [-0.2, -0.15) is 52.7 Å². The summed E-state index contributed by atoms with van der Waals surface area (Å²) in [5, 5.41) is 0. The first-order valence-corrected chi connectivity index (χ1v) is 19.1. The number of hydrogen-bond donors (Lipinski definition) is 0. The van der Waals surface area contributed by atoms with Crippen LogP contribution in [0, 0.1) is 13.8 Å². The summed E-state index contributed by atoms with van der Waals surface area (Å²) in [6.45, 7) is 6.50. The van der Waals surface area contributed by atoms with Gasteiger partial charge in [-0.1, -0.05) is 30.3 Å². The van der Waals surface area contributed by atoms with Crippen molar-refractivity contribution in [1.29, 1.82) is 0 Å². The van der Waals surface area contributed by atoms with E-state index in [1.807, 2.05) is 0 Å². The molecule has 0 atom stereocenters. The van der Waals surface area contributed by atoms with E-state index < -0.39 is 47.0 Å². The Morgan fingerprint density at radius 3 is 1.05 bits per heavy atom. The molecule has 4 aromatic carbocycles. The first kappa shape index (κ1) is 45.3. The second-order valence-corrected chi connectivity index (χ2v) is 14.3. The Bertz CT molecular complexity index is 2090. The van der Waals surface area contributed by atoms with Crippen LogP contribution in [0.3, 0.4) is 0 Å². The second kappa shape index (κ2) is 17.6. The standard InChI is InChI=1S/C39H27F12N3.2ClH.Fe/c1-20-8-10-24(26-12-28(36(40,41)42)18-29(13-26)37(43,44)45)16-34(20)52-22(3)32-6-5-7-33(54-32)23(4)53-35-17-25(11-9-21(35)2)27-14-30(38(46,47)48)19-31(15-27)39(49,50)51;;;/h5-19H,1-4H3;2*1H;/q;;;+2/p-2. The molecule has 0 saturated heterocycles. The van der Waals surface area contributed by atoms with E-state index >= 15 is 0 Å². The van der Waals surface area contributed by atoms with Crippen LogP contribution in [-0.4, -0.2) is 16.4 Å². The van der Waals surface area contributed by atoms with Crippen molar-refractivity contribution in [1.82, 2.24) is 4.98 Å². The van der Waals surface area contributed by atoms with Gasteiger partial charge in [0.05, 0.1) is 56.4 Å². The number of aliphatic imine (C=N–C) groups is 2. The van der Waals surface area contributed by atoms with Gasteiger partial charge in [-0.3, -0.25) is 9.98 Å². The van der Waals surface area contributed by atoms with Crippen LogP contribution in [0.1, 0.15) is 58.6 Å². The first-order chi connectivity index (χ1) is 26.3. The van der Waals surface area contributed by atoms with Gasteiger partial charge in [0.15, 0.2) is 0 Å². The van der Waals surface area contributed by atoms with Crippen molar-refractivity contribution in [2.24, 2.45) is 9.98 Å². The van der Waals surface area contributed by atoms with E-state index in [1.54, 1.807) is 45.9 Å². The molecule has 0 radical (unpaired) electrons. The Hall–Kier alpha value is -4.37. The molecule has 1 aromatic heterocycles. The summed E-state index contributed by atoms with van der Waals surface area (Å²) in [6, 6.07) is 16.0. The third kappa shape index (κ3) is 11.8. The Balaban J connectivity index is 0.00000232. The van der Waals surface area contributed by atoms with Crippen molar-refractivity contribution >= 4 is 43.0 Å². The average Bonchev–Trinajstić information content (AvgIpc) is 3.12. The fourth-order valence-corrected chi connectivity index (χ4v) is 5.38. The third-order valence-electron chi connectivity index (χ3n) is 8.33. The van der Waals surface area contributed by atoms with Gasteiger partial charge in [-0.25, -0.2) is 4.98 Å². The van der Waals surface area contributed by atoms with Crippen LogP contribution < -0.4 is 0 Å². The van der Waals surface area contributed by atoms with Crippen molar-refractivity contribution in [3.63, 3.8) is 0 Å². The Kier molecular flexibility index (Phi) is 14.0. The molecule has 5 aromatic rings. The molecule has 0 fully saturated rings. The molecule has 0 bridgehead atoms. The fraction of sp³-hybridized carbons (Fsp3) is 0.205. The monoisotopic (exact) mass is 891 g/mol. The molecule has 0 aliphatic heterocycles. The molecule has 304 valence electrons. The van der Waals surface area contributed by atoms with Gasteiger partial charge in [0.25, 0.3) is 0 Å². The van der Waals surface area contributed by atoms with E-state index in [0.29, 0.717) is 58.2 Å². The van der Waals surface area contributed by atoms with Crippen LogP contribution >= 0.6 is 20.2 Å². The molecule has 0 aliphatic carbocycles. The van der Waals surface area contributed by atoms with Crippen molar-refractivity contribution in [2.75, 3.05) is 0 Å². The number of halogens is 14. The number of aryl methyl sites for hydroxylation is 2. The predicted molar refractivity (Wildman–Crippen MR) is 193 cm³/mol. The topological polar surface area (TPSA) is 37.6 Å². The summed E-state index contributed by atoms with van der Waals surface area (Å²) in [6.07, 6.45) is -20.1. The summed E-state index contributed by atoms with van der Waals surface area (Å²) < 4.78 is 162. The maximum atomic E-state index is 13.5. The van der Waals surface area contributed by atoms with Gasteiger partial charge >= 0.3 is 58.0 Å². The molecule has 1 heterocycles. The predicted octanol–water partition coefficient (Wildman–Crippen LogP) is 14.8. The quantitative estimate of drug-likeness (QED) is 0.0951. The summed E-state index contributed by atoms with van der Waals surface area (Å²) in [4.78, 5) is 13.7. The van der Waals surface area contributed by atoms with Gasteiger partial charge < -0.3 is 0 Å². The number of benzene rings is 4. The van der Waals surface area contributed by atoms with Crippen molar-refractivity contribution in [2.45, 2.75) is 52.4 Å². The molecule has 18 heteroatoms. The summed E-state index contributed by atoms with van der Waals surface area (Å²) in [7, 11) is 9.53. The molecule has 0 saturated carbocycles. The van der Waals surface area contributed by atoms with E-state index in [9.17, 15) is 52.7 Å². The molecule has 0 amide bonds. The molecule has 0 aliphatic rings. The van der Waals surface area contributed by atoms with Gasteiger partial charge in [0.1, 0.15) is 0 Å². The number of rotatable bonds is 6. The van der Waals surface area contributed by atoms with Crippen LogP contribution in [0.5, 0.6) is 0 Å². The Morgan fingerprint density at radius 2 is 0.772 bits per heavy atom. The van der Waals surface area contributed by atoms with Gasteiger partial charge in [0.2, 0.25) is 0 Å². The number of pyridine rings is 1. The van der Waals surface area contributed by atoms with Crippen molar-refractivity contribution in [3.05, 3.63) is 136 Å². The van der Waals surface area contributed by atoms with E-state index in [2.05, 4.69) is 15.0 Å². The zero-order valence-corrected chi connectivity index (χ0v) is 32.3. The van der Waals surface area contributed by atoms with Crippen molar-refractivity contribution in [3.8, 4) is 22.3 Å². The van der Waals surface area contributed by atoms with Gasteiger partial charge in [-0.05, 0) is 122 Å². The molecule has 0 N–H and O–H groups in total. The van der Waals surface area contributed by atoms with Gasteiger partial charge in [0, 0.05) is 0 Å². The van der Waals surface area contributed by atoms with Crippen LogP contribution in [-0.2, 0) is 37.8 Å². The second-order valence-electron chi connectivity index (χ2n) is 12.4. The molecule has 57 heavy (non-hydrogen) atoms. The third-order valence-corrected chi connectivity index (χ3v) is 8.33. The average molecular weight is 892 g/mol. The molecule has 0 unspecified atom stereocenters. The summed E-state index contributed by atoms with van der Waals surface area (Å²) in [5.74, 6) is 0. The first-order valence-electron chi connectivity index (χ1n) is 16.1. The molecule has 0 spiro atoms. The van der Waals surface area contributed by atoms with Crippen LogP contribution in [0.2, 0.25) is 0 Å². The summed E-state index contributed by atoms with van der Waals surface area (Å²) >= 11 is 0.194. The Labute approximate surface area is 333 Å². The molecule has 3 nitrogen and oxygen atoms in total. The Morgan fingerprint density at radius 1 is 0.474 bits per heavy atom. The number of nitrogens with zero attached hydrogens (tertiary/aromatic N) is 3. The van der Waals surface area contributed by atoms with Crippen molar-refractivity contribution < 1.29 is 65.8 Å². The van der Waals surface area contributed by atoms with E-state index in [0.717, 1.165) is 0 Å². The maximum absolute atomic E-state index is 13.5. The number of alkyl halides is 12. The molecule has 5 rings (SSSR count). The van der Waals surface area contributed by atoms with E-state index in [1.165, 1.54) is 36.4 Å². The minimum absolute atomic E-state index is 0.0479. The van der Waals surface area contributed by atoms with E-state index in [4.69, 9.17) is 20.2 Å². The molecular formula is C39H27Cl2F12FeN3. The van der Waals surface area contributed by atoms with Crippen LogP contribution in [0.15, 0.2) is 101 Å². The van der Waals surface area contributed by atoms with Gasteiger partial charge in [-0.15, -0.1) is 0 Å². The van der Waals surface area contributed by atoms with E-state index in [-0.39, 0.29) is 58.9 Å². The fourth-order valence-electron chi connectivity index (χ4n) is 5.38. The SMILES string of the molecule is CC(=Nc1cc(-c2cc(C(F)(F)F)cc(C(F)(F)F)c2)ccc1C)c1cccc(C(C)=Nc2cc(-c3cc(C(F)(F)F)cc(C(F)(F)F)c3)ccc2C)n1.[Cl][Fe][Cl].